The van der Waals surface area contributed by atoms with Crippen molar-refractivity contribution in [1.82, 2.24) is 4.98 Å². The smallest absolute Gasteiger partial charge is 0.235 e. The number of oxazole rings is 1. The molecular weight excluding hydrogens is 399 g/mol. The van der Waals surface area contributed by atoms with Gasteiger partial charge in [0.25, 0.3) is 0 Å². The normalized spacial score (nSPS) is 12.8. The van der Waals surface area contributed by atoms with Crippen molar-refractivity contribution in [2.75, 3.05) is 11.6 Å². The van der Waals surface area contributed by atoms with Crippen LogP contribution in [0, 0.1) is 17.5 Å². The minimum Gasteiger partial charge on any atom is -0.420 e. The van der Waals surface area contributed by atoms with Gasteiger partial charge in [-0.15, -0.1) is 0 Å². The van der Waals surface area contributed by atoms with E-state index in [9.17, 15) is 26.7 Å². The SMILES string of the molecule is CS(=O)(=O)c1ccc(Nc2oc(-c3c(F)cc(F)cc3F)nc2C(N)O)cc1. The lowest BCUT2D eigenvalue weighted by molar-refractivity contribution is 0.182. The van der Waals surface area contributed by atoms with E-state index in [1.165, 1.54) is 24.3 Å². The summed E-state index contributed by atoms with van der Waals surface area (Å²) in [6.07, 6.45) is -0.603. The van der Waals surface area contributed by atoms with E-state index < -0.39 is 45.0 Å². The van der Waals surface area contributed by atoms with Crippen molar-refractivity contribution >= 4 is 21.4 Å². The van der Waals surface area contributed by atoms with E-state index in [1.54, 1.807) is 0 Å². The number of benzene rings is 2. The number of aliphatic hydroxyl groups excluding tert-OH is 1. The molecular formula is C17H14F3N3O4S. The van der Waals surface area contributed by atoms with Crippen LogP contribution in [0.5, 0.6) is 0 Å². The second-order valence-corrected chi connectivity index (χ2v) is 7.86. The molecule has 0 saturated heterocycles. The molecule has 1 heterocycles. The Balaban J connectivity index is 2.01. The molecule has 148 valence electrons. The van der Waals surface area contributed by atoms with Crippen molar-refractivity contribution in [3.05, 3.63) is 59.5 Å². The van der Waals surface area contributed by atoms with Gasteiger partial charge in [0, 0.05) is 24.1 Å². The number of halogens is 3. The van der Waals surface area contributed by atoms with Crippen molar-refractivity contribution in [1.29, 1.82) is 0 Å². The standard InChI is InChI=1S/C17H14F3N3O4S/c1-28(25,26)10-4-2-9(3-5-10)22-17-14(15(21)24)23-16(27-17)13-11(19)6-8(18)7-12(13)20/h2-7,15,22,24H,21H2,1H3. The van der Waals surface area contributed by atoms with Gasteiger partial charge in [0.05, 0.1) is 4.90 Å². The Morgan fingerprint density at radius 1 is 1.14 bits per heavy atom. The predicted octanol–water partition coefficient (Wildman–Crippen LogP) is 2.86. The van der Waals surface area contributed by atoms with Crippen LogP contribution in [0.1, 0.15) is 11.9 Å². The van der Waals surface area contributed by atoms with Crippen molar-refractivity contribution in [3.8, 4) is 11.5 Å². The zero-order chi connectivity index (χ0) is 20.6. The summed E-state index contributed by atoms with van der Waals surface area (Å²) >= 11 is 0. The van der Waals surface area contributed by atoms with Crippen LogP contribution in [-0.2, 0) is 9.84 Å². The fourth-order valence-corrected chi connectivity index (χ4v) is 3.02. The fraction of sp³-hybridized carbons (Fsp3) is 0.118. The maximum Gasteiger partial charge on any atom is 0.235 e. The lowest BCUT2D eigenvalue weighted by Crippen LogP contribution is -2.11. The van der Waals surface area contributed by atoms with Crippen LogP contribution in [0.2, 0.25) is 0 Å². The highest BCUT2D eigenvalue weighted by Crippen LogP contribution is 2.33. The molecule has 1 unspecified atom stereocenters. The van der Waals surface area contributed by atoms with Gasteiger partial charge in [-0.2, -0.15) is 0 Å². The Morgan fingerprint density at radius 2 is 1.71 bits per heavy atom. The van der Waals surface area contributed by atoms with E-state index in [-0.39, 0.29) is 16.5 Å². The van der Waals surface area contributed by atoms with E-state index in [1.807, 2.05) is 0 Å². The summed E-state index contributed by atoms with van der Waals surface area (Å²) in [6.45, 7) is 0. The molecule has 0 saturated carbocycles. The largest absolute Gasteiger partial charge is 0.420 e. The van der Waals surface area contributed by atoms with Gasteiger partial charge in [-0.3, -0.25) is 0 Å². The lowest BCUT2D eigenvalue weighted by Gasteiger charge is -2.07. The number of hydrogen-bond donors (Lipinski definition) is 3. The molecule has 3 rings (SSSR count). The average molecular weight is 413 g/mol. The Bertz CT molecular complexity index is 1110. The van der Waals surface area contributed by atoms with E-state index in [4.69, 9.17) is 10.2 Å². The maximum atomic E-state index is 14.0. The molecule has 28 heavy (non-hydrogen) atoms. The molecule has 0 radical (unpaired) electrons. The Labute approximate surface area is 157 Å². The van der Waals surface area contributed by atoms with Crippen LogP contribution in [0.3, 0.4) is 0 Å². The summed E-state index contributed by atoms with van der Waals surface area (Å²) in [7, 11) is -3.40. The van der Waals surface area contributed by atoms with E-state index in [0.717, 1.165) is 6.26 Å². The fourth-order valence-electron chi connectivity index (χ4n) is 2.39. The first-order valence-electron chi connectivity index (χ1n) is 7.72. The van der Waals surface area contributed by atoms with Crippen LogP contribution in [-0.4, -0.2) is 24.8 Å². The summed E-state index contributed by atoms with van der Waals surface area (Å²) in [4.78, 5) is 3.86. The van der Waals surface area contributed by atoms with Gasteiger partial charge in [-0.05, 0) is 24.3 Å². The molecule has 0 fully saturated rings. The van der Waals surface area contributed by atoms with Gasteiger partial charge >= 0.3 is 0 Å². The highest BCUT2D eigenvalue weighted by Gasteiger charge is 2.24. The number of nitrogens with two attached hydrogens (primary N) is 1. The zero-order valence-electron chi connectivity index (χ0n) is 14.3. The monoisotopic (exact) mass is 413 g/mol. The van der Waals surface area contributed by atoms with Crippen molar-refractivity contribution < 1.29 is 31.1 Å². The molecule has 0 bridgehead atoms. The number of rotatable bonds is 5. The van der Waals surface area contributed by atoms with Crippen LogP contribution >= 0.6 is 0 Å². The predicted molar refractivity (Wildman–Crippen MR) is 93.8 cm³/mol. The second-order valence-electron chi connectivity index (χ2n) is 5.84. The molecule has 0 amide bonds. The highest BCUT2D eigenvalue weighted by atomic mass is 32.2. The van der Waals surface area contributed by atoms with Crippen molar-refractivity contribution in [3.63, 3.8) is 0 Å². The molecule has 11 heteroatoms. The topological polar surface area (TPSA) is 118 Å². The number of sulfone groups is 1. The molecule has 1 atom stereocenters. The molecule has 0 aliphatic heterocycles. The Hall–Kier alpha value is -2.89. The van der Waals surface area contributed by atoms with Crippen LogP contribution in [0.25, 0.3) is 11.5 Å². The highest BCUT2D eigenvalue weighted by molar-refractivity contribution is 7.90. The molecule has 0 aliphatic carbocycles. The van der Waals surface area contributed by atoms with Crippen LogP contribution in [0.15, 0.2) is 45.7 Å². The minimum absolute atomic E-state index is 0.0749. The van der Waals surface area contributed by atoms with E-state index in [0.29, 0.717) is 17.8 Å². The number of hydrogen-bond acceptors (Lipinski definition) is 7. The van der Waals surface area contributed by atoms with Gasteiger partial charge in [-0.1, -0.05) is 0 Å². The molecule has 2 aromatic carbocycles. The Morgan fingerprint density at radius 3 is 2.21 bits per heavy atom. The first-order valence-corrected chi connectivity index (χ1v) is 9.62. The quantitative estimate of drug-likeness (QED) is 0.551. The van der Waals surface area contributed by atoms with Crippen molar-refractivity contribution in [2.45, 2.75) is 11.1 Å². The van der Waals surface area contributed by atoms with Crippen LogP contribution < -0.4 is 11.1 Å². The first-order chi connectivity index (χ1) is 13.1. The molecule has 7 nitrogen and oxygen atoms in total. The lowest BCUT2D eigenvalue weighted by atomic mass is 10.2. The molecule has 4 N–H and O–H groups in total. The number of anilines is 2. The van der Waals surface area contributed by atoms with Gasteiger partial charge < -0.3 is 20.6 Å². The Kier molecular flexibility index (Phi) is 5.15. The van der Waals surface area contributed by atoms with E-state index in [2.05, 4.69) is 10.3 Å². The summed E-state index contributed by atoms with van der Waals surface area (Å²) in [5, 5.41) is 12.4. The molecule has 0 spiro atoms. The third-order valence-electron chi connectivity index (χ3n) is 3.69. The third-order valence-corrected chi connectivity index (χ3v) is 4.82. The number of aromatic nitrogens is 1. The van der Waals surface area contributed by atoms with Gasteiger partial charge in [0.2, 0.25) is 11.8 Å². The van der Waals surface area contributed by atoms with E-state index >= 15 is 0 Å². The maximum absolute atomic E-state index is 14.0. The summed E-state index contributed by atoms with van der Waals surface area (Å²) in [5.41, 5.74) is 4.75. The van der Waals surface area contributed by atoms with Gasteiger partial charge in [0.15, 0.2) is 16.1 Å². The molecule has 3 aromatic rings. The second kappa shape index (κ2) is 7.26. The van der Waals surface area contributed by atoms with Gasteiger partial charge in [0.1, 0.15) is 28.7 Å². The molecule has 0 aliphatic rings. The molecule has 1 aromatic heterocycles. The summed E-state index contributed by atoms with van der Waals surface area (Å²) < 4.78 is 69.3. The number of nitrogens with one attached hydrogen (secondary N) is 1. The first kappa shape index (κ1) is 19.9. The number of aliphatic hydroxyl groups is 1. The van der Waals surface area contributed by atoms with Crippen molar-refractivity contribution in [2.24, 2.45) is 5.73 Å². The minimum atomic E-state index is -3.40. The average Bonchev–Trinajstić information content (AvgIpc) is 2.97. The summed E-state index contributed by atoms with van der Waals surface area (Å²) in [5.74, 6) is -4.40. The summed E-state index contributed by atoms with van der Waals surface area (Å²) in [6, 6.07) is 6.38. The number of nitrogens with zero attached hydrogens (tertiary/aromatic N) is 1. The van der Waals surface area contributed by atoms with Gasteiger partial charge in [-0.25, -0.2) is 26.6 Å². The third kappa shape index (κ3) is 4.01. The van der Waals surface area contributed by atoms with Crippen LogP contribution in [0.4, 0.5) is 24.7 Å². The zero-order valence-corrected chi connectivity index (χ0v) is 15.1.